The predicted octanol–water partition coefficient (Wildman–Crippen LogP) is 7.56. The van der Waals surface area contributed by atoms with E-state index in [1.807, 2.05) is 0 Å². The van der Waals surface area contributed by atoms with E-state index in [0.717, 1.165) is 35.5 Å². The van der Waals surface area contributed by atoms with Gasteiger partial charge in [-0.2, -0.15) is 0 Å². The maximum atomic E-state index is 2.67. The van der Waals surface area contributed by atoms with Gasteiger partial charge in [0.05, 0.1) is 0 Å². The van der Waals surface area contributed by atoms with Crippen molar-refractivity contribution in [1.29, 1.82) is 0 Å². The maximum Gasteiger partial charge on any atom is -0.0149 e. The number of rotatable bonds is 2. The fourth-order valence-corrected chi connectivity index (χ4v) is 8.15. The van der Waals surface area contributed by atoms with Crippen molar-refractivity contribution < 1.29 is 0 Å². The third-order valence-corrected chi connectivity index (χ3v) is 9.34. The highest BCUT2D eigenvalue weighted by atomic mass is 14.6. The Morgan fingerprint density at radius 2 is 1.88 bits per heavy atom. The van der Waals surface area contributed by atoms with Crippen LogP contribution in [0.15, 0.2) is 23.3 Å². The van der Waals surface area contributed by atoms with Crippen LogP contribution in [0.1, 0.15) is 91.9 Å². The summed E-state index contributed by atoms with van der Waals surface area (Å²) in [4.78, 5) is 0. The lowest BCUT2D eigenvalue weighted by Crippen LogP contribution is -2.48. The van der Waals surface area contributed by atoms with E-state index < -0.39 is 0 Å². The third kappa shape index (κ3) is 2.87. The van der Waals surface area contributed by atoms with Crippen LogP contribution >= 0.6 is 0 Å². The van der Waals surface area contributed by atoms with Gasteiger partial charge in [0.1, 0.15) is 0 Å². The first-order chi connectivity index (χ1) is 12.1. The molecular formula is C25H40. The molecule has 4 fully saturated rings. The van der Waals surface area contributed by atoms with Gasteiger partial charge in [-0.3, -0.25) is 0 Å². The summed E-state index contributed by atoms with van der Waals surface area (Å²) in [5, 5.41) is 0. The Labute approximate surface area is 156 Å². The van der Waals surface area contributed by atoms with Crippen LogP contribution in [-0.2, 0) is 0 Å². The van der Waals surface area contributed by atoms with Gasteiger partial charge >= 0.3 is 0 Å². The summed E-state index contributed by atoms with van der Waals surface area (Å²) in [6.45, 7) is 9.64. The summed E-state index contributed by atoms with van der Waals surface area (Å²) in [7, 11) is 0. The molecule has 0 spiro atoms. The van der Waals surface area contributed by atoms with Crippen LogP contribution in [0.3, 0.4) is 0 Å². The summed E-state index contributed by atoms with van der Waals surface area (Å²) in [6, 6.07) is 0. The highest BCUT2D eigenvalue weighted by molar-refractivity contribution is 5.17. The van der Waals surface area contributed by atoms with Crippen molar-refractivity contribution in [2.45, 2.75) is 91.9 Å². The van der Waals surface area contributed by atoms with Crippen LogP contribution in [0.2, 0.25) is 0 Å². The summed E-state index contributed by atoms with van der Waals surface area (Å²) in [5.41, 5.74) is 4.10. The molecule has 5 unspecified atom stereocenters. The van der Waals surface area contributed by atoms with Gasteiger partial charge in [-0.05, 0) is 119 Å². The first-order valence-electron chi connectivity index (χ1n) is 11.4. The van der Waals surface area contributed by atoms with Gasteiger partial charge in [0.15, 0.2) is 0 Å². The molecule has 0 heteroatoms. The van der Waals surface area contributed by atoms with Gasteiger partial charge in [-0.25, -0.2) is 0 Å². The van der Waals surface area contributed by atoms with Gasteiger partial charge < -0.3 is 0 Å². The molecule has 0 aromatic rings. The number of hydrogen-bond acceptors (Lipinski definition) is 0. The van der Waals surface area contributed by atoms with Crippen molar-refractivity contribution in [1.82, 2.24) is 0 Å². The average molecular weight is 341 g/mol. The smallest absolute Gasteiger partial charge is 0.0149 e. The van der Waals surface area contributed by atoms with Gasteiger partial charge in [-0.1, -0.05) is 37.1 Å². The Morgan fingerprint density at radius 1 is 1.04 bits per heavy atom. The Hall–Kier alpha value is -0.520. The first kappa shape index (κ1) is 17.9. The Bertz CT molecular complexity index is 552. The van der Waals surface area contributed by atoms with Crippen LogP contribution < -0.4 is 0 Å². The molecule has 25 heavy (non-hydrogen) atoms. The molecule has 0 amide bonds. The lowest BCUT2D eigenvalue weighted by Gasteiger charge is -2.56. The van der Waals surface area contributed by atoms with Gasteiger partial charge in [0.2, 0.25) is 0 Å². The fraction of sp³-hybridized carbons (Fsp3) is 0.840. The third-order valence-electron chi connectivity index (χ3n) is 9.34. The van der Waals surface area contributed by atoms with E-state index in [-0.39, 0.29) is 0 Å². The summed E-state index contributed by atoms with van der Waals surface area (Å²) < 4.78 is 0. The molecule has 4 aliphatic carbocycles. The summed E-state index contributed by atoms with van der Waals surface area (Å²) >= 11 is 0. The molecule has 0 saturated heterocycles. The minimum atomic E-state index is 0.618. The van der Waals surface area contributed by atoms with Gasteiger partial charge in [-0.15, -0.1) is 0 Å². The molecule has 0 aromatic carbocycles. The van der Waals surface area contributed by atoms with Crippen molar-refractivity contribution in [2.24, 2.45) is 40.9 Å². The van der Waals surface area contributed by atoms with E-state index in [1.165, 1.54) is 51.4 Å². The lowest BCUT2D eigenvalue weighted by molar-refractivity contribution is -0.0534. The second-order valence-corrected chi connectivity index (χ2v) is 10.2. The zero-order valence-electron chi connectivity index (χ0n) is 17.2. The standard InChI is InChI=1S/C25H40/c1-5-7-18-8-10-20-19(16-18)9-11-22-21(20)14-15-25(4)23(17(3)6-2)12-13-24(22)25/h6-7,19-24H,5,8-16H2,1-4H3/b17-6-,18-7+/t19?,20?,21-,22?,23?,24+,25?/m1/s1. The van der Waals surface area contributed by atoms with Crippen molar-refractivity contribution >= 4 is 0 Å². The highest BCUT2D eigenvalue weighted by Crippen LogP contribution is 2.65. The molecule has 0 N–H and O–H groups in total. The Kier molecular flexibility index (Phi) is 4.93. The summed E-state index contributed by atoms with van der Waals surface area (Å²) in [6.07, 6.45) is 19.7. The van der Waals surface area contributed by atoms with E-state index in [0.29, 0.717) is 5.41 Å². The van der Waals surface area contributed by atoms with Gasteiger partial charge in [0.25, 0.3) is 0 Å². The molecule has 0 bridgehead atoms. The molecule has 7 atom stereocenters. The van der Waals surface area contributed by atoms with Crippen LogP contribution in [0.5, 0.6) is 0 Å². The van der Waals surface area contributed by atoms with Gasteiger partial charge in [0, 0.05) is 0 Å². The molecule has 0 aliphatic heterocycles. The highest BCUT2D eigenvalue weighted by Gasteiger charge is 2.56. The van der Waals surface area contributed by atoms with E-state index in [2.05, 4.69) is 39.8 Å². The monoisotopic (exact) mass is 340 g/mol. The molecular weight excluding hydrogens is 300 g/mol. The van der Waals surface area contributed by atoms with Crippen molar-refractivity contribution in [3.05, 3.63) is 23.3 Å². The molecule has 4 saturated carbocycles. The minimum Gasteiger partial charge on any atom is -0.0884 e. The fourth-order valence-electron chi connectivity index (χ4n) is 8.15. The first-order valence-corrected chi connectivity index (χ1v) is 11.4. The largest absolute Gasteiger partial charge is 0.0884 e. The zero-order chi connectivity index (χ0) is 17.6. The van der Waals surface area contributed by atoms with Crippen LogP contribution in [0, 0.1) is 40.9 Å². The lowest BCUT2D eigenvalue weighted by atomic mass is 9.49. The van der Waals surface area contributed by atoms with E-state index in [1.54, 1.807) is 24.0 Å². The number of allylic oxidation sites excluding steroid dienone is 4. The molecule has 4 rings (SSSR count). The van der Waals surface area contributed by atoms with Crippen LogP contribution in [0.25, 0.3) is 0 Å². The zero-order valence-corrected chi connectivity index (χ0v) is 17.2. The Balaban J connectivity index is 1.52. The predicted molar refractivity (Wildman–Crippen MR) is 108 cm³/mol. The molecule has 0 nitrogen and oxygen atoms in total. The second-order valence-electron chi connectivity index (χ2n) is 10.2. The quantitative estimate of drug-likeness (QED) is 0.455. The average Bonchev–Trinajstić information content (AvgIpc) is 2.98. The molecule has 0 aromatic heterocycles. The van der Waals surface area contributed by atoms with Crippen molar-refractivity contribution in [3.8, 4) is 0 Å². The van der Waals surface area contributed by atoms with E-state index in [4.69, 9.17) is 0 Å². The molecule has 140 valence electrons. The van der Waals surface area contributed by atoms with Crippen molar-refractivity contribution in [3.63, 3.8) is 0 Å². The molecule has 0 heterocycles. The normalized spacial score (nSPS) is 48.8. The summed E-state index contributed by atoms with van der Waals surface area (Å²) in [5.74, 6) is 6.15. The van der Waals surface area contributed by atoms with Crippen LogP contribution in [-0.4, -0.2) is 0 Å². The van der Waals surface area contributed by atoms with E-state index in [9.17, 15) is 0 Å². The topological polar surface area (TPSA) is 0 Å². The maximum absolute atomic E-state index is 2.67. The van der Waals surface area contributed by atoms with Crippen molar-refractivity contribution in [2.75, 3.05) is 0 Å². The number of hydrogen-bond donors (Lipinski definition) is 0. The van der Waals surface area contributed by atoms with E-state index >= 15 is 0 Å². The molecule has 4 aliphatic rings. The Morgan fingerprint density at radius 3 is 2.64 bits per heavy atom. The van der Waals surface area contributed by atoms with Crippen LogP contribution in [0.4, 0.5) is 0 Å². The SMILES string of the molecule is C/C=C(/C)C1CC[C@H]2C3CCC4C/C(=C/CC)CCC4[C@H]3CCC12C. The second kappa shape index (κ2) is 6.90. The number of fused-ring (bicyclic) bond motifs is 5. The minimum absolute atomic E-state index is 0.618. The molecule has 0 radical (unpaired) electrons.